The van der Waals surface area contributed by atoms with Gasteiger partial charge in [-0.3, -0.25) is 0 Å². The van der Waals surface area contributed by atoms with Crippen molar-refractivity contribution in [3.63, 3.8) is 0 Å². The van der Waals surface area contributed by atoms with Crippen LogP contribution in [0.25, 0.3) is 16.8 Å². The highest BCUT2D eigenvalue weighted by Crippen LogP contribution is 2.28. The fourth-order valence-corrected chi connectivity index (χ4v) is 4.11. The molecule has 0 radical (unpaired) electrons. The Bertz CT molecular complexity index is 1320. The molecule has 0 saturated heterocycles. The molecule has 4 rings (SSSR count). The fourth-order valence-electron chi connectivity index (χ4n) is 4.11. The largest absolute Gasteiger partial charge is 0.497 e. The third-order valence-electron chi connectivity index (χ3n) is 6.06. The molecule has 0 bridgehead atoms. The van der Waals surface area contributed by atoms with Gasteiger partial charge in [-0.25, -0.2) is 9.78 Å². The molecule has 0 N–H and O–H groups in total. The molecule has 1 amide bonds. The number of aryl methyl sites for hydroxylation is 1. The van der Waals surface area contributed by atoms with Gasteiger partial charge in [-0.2, -0.15) is 0 Å². The Morgan fingerprint density at radius 1 is 1.23 bits per heavy atom. The highest BCUT2D eigenvalue weighted by molar-refractivity contribution is 5.78. The number of aromatic nitrogens is 2. The van der Waals surface area contributed by atoms with Crippen LogP contribution in [0.15, 0.2) is 85.4 Å². The highest BCUT2D eigenvalue weighted by atomic mass is 16.6. The molecular formula is C29H31N3O3. The summed E-state index contributed by atoms with van der Waals surface area (Å²) >= 11 is 0. The Morgan fingerprint density at radius 3 is 2.71 bits per heavy atom. The molecule has 180 valence electrons. The molecule has 3 heterocycles. The van der Waals surface area contributed by atoms with Crippen molar-refractivity contribution in [2.45, 2.75) is 26.9 Å². The number of rotatable bonds is 7. The quantitative estimate of drug-likeness (QED) is 0.306. The molecule has 6 heteroatoms. The van der Waals surface area contributed by atoms with Gasteiger partial charge in [0.05, 0.1) is 12.8 Å². The van der Waals surface area contributed by atoms with Gasteiger partial charge in [-0.05, 0) is 54.7 Å². The van der Waals surface area contributed by atoms with E-state index in [0.717, 1.165) is 40.0 Å². The van der Waals surface area contributed by atoms with Crippen LogP contribution in [-0.2, 0) is 16.1 Å². The van der Waals surface area contributed by atoms with E-state index in [1.807, 2.05) is 66.1 Å². The average molecular weight is 470 g/mol. The number of amides is 1. The van der Waals surface area contributed by atoms with E-state index in [2.05, 4.69) is 31.8 Å². The van der Waals surface area contributed by atoms with Crippen molar-refractivity contribution in [2.75, 3.05) is 20.2 Å². The van der Waals surface area contributed by atoms with Gasteiger partial charge in [0.2, 0.25) is 0 Å². The van der Waals surface area contributed by atoms with Crippen molar-refractivity contribution < 1.29 is 14.3 Å². The number of benzene rings is 1. The van der Waals surface area contributed by atoms with Gasteiger partial charge in [0.15, 0.2) is 0 Å². The monoisotopic (exact) mass is 469 g/mol. The predicted octanol–water partition coefficient (Wildman–Crippen LogP) is 6.19. The van der Waals surface area contributed by atoms with Crippen LogP contribution in [0.5, 0.6) is 0 Å². The zero-order valence-corrected chi connectivity index (χ0v) is 20.5. The SMILES string of the molecule is C=C(OC)/C(=C\C=C/C)c1cn2cc(C3=CCN(C(=O)OCc4ccccc4)CC3)cc(C)c2n1. The van der Waals surface area contributed by atoms with Crippen LogP contribution in [0.3, 0.4) is 0 Å². The number of hydrogen-bond donors (Lipinski definition) is 0. The molecule has 35 heavy (non-hydrogen) atoms. The molecule has 1 aliphatic rings. The second kappa shape index (κ2) is 10.9. The number of hydrogen-bond acceptors (Lipinski definition) is 4. The second-order valence-electron chi connectivity index (χ2n) is 8.47. The van der Waals surface area contributed by atoms with Crippen molar-refractivity contribution in [3.8, 4) is 0 Å². The van der Waals surface area contributed by atoms with Gasteiger partial charge in [0.1, 0.15) is 18.0 Å². The van der Waals surface area contributed by atoms with E-state index < -0.39 is 0 Å². The van der Waals surface area contributed by atoms with Crippen LogP contribution in [0, 0.1) is 6.92 Å². The van der Waals surface area contributed by atoms with Gasteiger partial charge >= 0.3 is 6.09 Å². The molecule has 3 aromatic rings. The lowest BCUT2D eigenvalue weighted by Crippen LogP contribution is -2.35. The number of nitrogens with zero attached hydrogens (tertiary/aromatic N) is 3. The van der Waals surface area contributed by atoms with Crippen LogP contribution < -0.4 is 0 Å². The number of fused-ring (bicyclic) bond motifs is 1. The van der Waals surface area contributed by atoms with Crippen molar-refractivity contribution in [2.24, 2.45) is 0 Å². The molecule has 0 aliphatic carbocycles. The number of carbonyl (C=O) groups excluding carboxylic acids is 1. The van der Waals surface area contributed by atoms with Gasteiger partial charge in [0.25, 0.3) is 0 Å². The normalized spacial score (nSPS) is 14.3. The predicted molar refractivity (Wildman–Crippen MR) is 140 cm³/mol. The molecule has 2 aromatic heterocycles. The van der Waals surface area contributed by atoms with Gasteiger partial charge < -0.3 is 18.8 Å². The minimum Gasteiger partial charge on any atom is -0.497 e. The van der Waals surface area contributed by atoms with E-state index in [4.69, 9.17) is 14.5 Å². The summed E-state index contributed by atoms with van der Waals surface area (Å²) in [5, 5.41) is 0. The van der Waals surface area contributed by atoms with Gasteiger partial charge in [0, 0.05) is 31.1 Å². The zero-order valence-electron chi connectivity index (χ0n) is 20.5. The van der Waals surface area contributed by atoms with Crippen molar-refractivity contribution in [3.05, 3.63) is 108 Å². The molecule has 0 saturated carbocycles. The Morgan fingerprint density at radius 2 is 2.03 bits per heavy atom. The summed E-state index contributed by atoms with van der Waals surface area (Å²) in [4.78, 5) is 19.1. The lowest BCUT2D eigenvalue weighted by Gasteiger charge is -2.26. The molecule has 0 unspecified atom stereocenters. The minimum absolute atomic E-state index is 0.283. The maximum Gasteiger partial charge on any atom is 0.410 e. The molecule has 6 nitrogen and oxygen atoms in total. The number of carbonyl (C=O) groups is 1. The van der Waals surface area contributed by atoms with Gasteiger partial charge in [-0.1, -0.05) is 55.1 Å². The third kappa shape index (κ3) is 5.54. The first-order valence-electron chi connectivity index (χ1n) is 11.7. The summed E-state index contributed by atoms with van der Waals surface area (Å²) in [6.07, 6.45) is 12.5. The summed E-state index contributed by atoms with van der Waals surface area (Å²) in [6, 6.07) is 11.9. The first kappa shape index (κ1) is 24.1. The zero-order chi connectivity index (χ0) is 24.8. The summed E-state index contributed by atoms with van der Waals surface area (Å²) in [7, 11) is 1.61. The Balaban J connectivity index is 1.50. The first-order valence-corrected chi connectivity index (χ1v) is 11.7. The smallest absolute Gasteiger partial charge is 0.410 e. The van der Waals surface area contributed by atoms with E-state index in [0.29, 0.717) is 18.8 Å². The third-order valence-corrected chi connectivity index (χ3v) is 6.06. The average Bonchev–Trinajstić information content (AvgIpc) is 3.32. The lowest BCUT2D eigenvalue weighted by atomic mass is 10.00. The summed E-state index contributed by atoms with van der Waals surface area (Å²) < 4.78 is 12.9. The van der Waals surface area contributed by atoms with Gasteiger partial charge in [-0.15, -0.1) is 0 Å². The van der Waals surface area contributed by atoms with Crippen molar-refractivity contribution >= 4 is 22.9 Å². The topological polar surface area (TPSA) is 56.1 Å². The first-order chi connectivity index (χ1) is 17.0. The van der Waals surface area contributed by atoms with Crippen LogP contribution in [0.1, 0.15) is 35.7 Å². The molecule has 1 aliphatic heterocycles. The summed E-state index contributed by atoms with van der Waals surface area (Å²) in [6.45, 7) is 9.47. The fraction of sp³-hybridized carbons (Fsp3) is 0.241. The number of imidazole rings is 1. The van der Waals surface area contributed by atoms with E-state index in [1.54, 1.807) is 12.0 Å². The highest BCUT2D eigenvalue weighted by Gasteiger charge is 2.20. The van der Waals surface area contributed by atoms with E-state index >= 15 is 0 Å². The number of methoxy groups -OCH3 is 1. The van der Waals surface area contributed by atoms with E-state index in [1.165, 1.54) is 5.57 Å². The maximum absolute atomic E-state index is 12.5. The molecule has 0 spiro atoms. The number of pyridine rings is 1. The Hall–Kier alpha value is -4.06. The molecule has 0 fully saturated rings. The van der Waals surface area contributed by atoms with Crippen molar-refractivity contribution in [1.29, 1.82) is 0 Å². The number of ether oxygens (including phenoxy) is 2. The van der Waals surface area contributed by atoms with E-state index in [-0.39, 0.29) is 12.7 Å². The summed E-state index contributed by atoms with van der Waals surface area (Å²) in [5.41, 5.74) is 6.94. The van der Waals surface area contributed by atoms with E-state index in [9.17, 15) is 4.79 Å². The van der Waals surface area contributed by atoms with Crippen LogP contribution in [0.2, 0.25) is 0 Å². The molecule has 1 aromatic carbocycles. The van der Waals surface area contributed by atoms with Crippen LogP contribution >= 0.6 is 0 Å². The van der Waals surface area contributed by atoms with Crippen molar-refractivity contribution in [1.82, 2.24) is 14.3 Å². The number of allylic oxidation sites excluding steroid dienone is 4. The Labute approximate surface area is 206 Å². The summed E-state index contributed by atoms with van der Waals surface area (Å²) in [5.74, 6) is 0.568. The molecule has 0 atom stereocenters. The van der Waals surface area contributed by atoms with Crippen LogP contribution in [0.4, 0.5) is 4.79 Å². The minimum atomic E-state index is -0.283. The lowest BCUT2D eigenvalue weighted by molar-refractivity contribution is 0.0998. The maximum atomic E-state index is 12.5. The standard InChI is InChI=1S/C29H31N3O3/c1-5-6-12-26(22(3)34-4)27-19-32-18-25(17-21(2)28(32)30-27)24-13-15-31(16-14-24)29(33)35-20-23-10-8-7-9-11-23/h5-13,17-19H,3,14-16,20H2,1-2,4H3/b6-5-,26-12+. The van der Waals surface area contributed by atoms with Crippen LogP contribution in [-0.4, -0.2) is 40.6 Å². The molecular weight excluding hydrogens is 438 g/mol. The Kier molecular flexibility index (Phi) is 7.51. The second-order valence-corrected chi connectivity index (χ2v) is 8.47.